The van der Waals surface area contributed by atoms with Crippen molar-refractivity contribution >= 4 is 21.4 Å². The molecule has 0 aliphatic carbocycles. The van der Waals surface area contributed by atoms with Crippen LogP contribution in [0.3, 0.4) is 0 Å². The number of anilines is 1. The number of aromatic nitrogens is 2. The van der Waals surface area contributed by atoms with Gasteiger partial charge in [-0.2, -0.15) is 0 Å². The van der Waals surface area contributed by atoms with Gasteiger partial charge in [-0.25, -0.2) is 13.4 Å². The van der Waals surface area contributed by atoms with Crippen molar-refractivity contribution in [1.29, 1.82) is 0 Å². The van der Waals surface area contributed by atoms with Crippen LogP contribution < -0.4 is 10.1 Å². The Morgan fingerprint density at radius 1 is 1.03 bits per heavy atom. The predicted octanol–water partition coefficient (Wildman–Crippen LogP) is 2.68. The van der Waals surface area contributed by atoms with Crippen LogP contribution in [0.5, 0.6) is 11.6 Å². The van der Waals surface area contributed by atoms with Gasteiger partial charge in [0.05, 0.1) is 17.7 Å². The van der Waals surface area contributed by atoms with Crippen molar-refractivity contribution in [3.63, 3.8) is 0 Å². The summed E-state index contributed by atoms with van der Waals surface area (Å²) in [7, 11) is -3.05. The fourth-order valence-electron chi connectivity index (χ4n) is 3.45. The monoisotopic (exact) mass is 438 g/mol. The number of carbonyl (C=O) groups is 1. The molecule has 1 aromatic heterocycles. The average Bonchev–Trinajstić information content (AvgIpc) is 2.77. The second-order valence-corrected chi connectivity index (χ2v) is 9.47. The van der Waals surface area contributed by atoms with E-state index in [1.54, 1.807) is 30.5 Å². The van der Waals surface area contributed by atoms with Crippen LogP contribution in [0, 0.1) is 0 Å². The highest BCUT2D eigenvalue weighted by Gasteiger charge is 2.32. The van der Waals surface area contributed by atoms with Crippen molar-refractivity contribution in [3.05, 3.63) is 78.8 Å². The maximum Gasteiger partial charge on any atom is 0.246 e. The first kappa shape index (κ1) is 21.0. The van der Waals surface area contributed by atoms with Crippen LogP contribution in [-0.2, 0) is 14.6 Å². The molecule has 1 amide bonds. The number of sulfone groups is 1. The first-order valence-electron chi connectivity index (χ1n) is 9.84. The van der Waals surface area contributed by atoms with Crippen molar-refractivity contribution in [1.82, 2.24) is 14.9 Å². The molecule has 31 heavy (non-hydrogen) atoms. The summed E-state index contributed by atoms with van der Waals surface area (Å²) >= 11 is 0. The lowest BCUT2D eigenvalue weighted by atomic mass is 10.0. The van der Waals surface area contributed by atoms with Gasteiger partial charge in [0.2, 0.25) is 11.8 Å². The molecule has 0 spiro atoms. The average molecular weight is 439 g/mol. The standard InChI is InChI=1S/C22H22N4O4S/c27-22(25-18-7-4-8-19(15-18)30-20-16-23-9-10-24-20)21(17-5-2-1-3-6-17)26-11-13-31(28,29)14-12-26/h1-10,15-16,21H,11-14H2,(H,25,27). The summed E-state index contributed by atoms with van der Waals surface area (Å²) in [5, 5.41) is 2.94. The molecule has 2 heterocycles. The van der Waals surface area contributed by atoms with Crippen LogP contribution in [0.15, 0.2) is 73.2 Å². The fraction of sp³-hybridized carbons (Fsp3) is 0.227. The molecule has 1 aliphatic rings. The molecule has 1 unspecified atom stereocenters. The van der Waals surface area contributed by atoms with Gasteiger partial charge in [-0.1, -0.05) is 36.4 Å². The Balaban J connectivity index is 1.53. The summed E-state index contributed by atoms with van der Waals surface area (Å²) < 4.78 is 29.4. The first-order chi connectivity index (χ1) is 15.0. The van der Waals surface area contributed by atoms with Crippen LogP contribution in [0.2, 0.25) is 0 Å². The lowest BCUT2D eigenvalue weighted by molar-refractivity contribution is -0.121. The largest absolute Gasteiger partial charge is 0.437 e. The van der Waals surface area contributed by atoms with Crippen molar-refractivity contribution in [2.75, 3.05) is 29.9 Å². The van der Waals surface area contributed by atoms with Crippen LogP contribution in [0.25, 0.3) is 0 Å². The van der Waals surface area contributed by atoms with Crippen LogP contribution >= 0.6 is 0 Å². The van der Waals surface area contributed by atoms with E-state index < -0.39 is 15.9 Å². The van der Waals surface area contributed by atoms with Gasteiger partial charge in [-0.05, 0) is 17.7 Å². The van der Waals surface area contributed by atoms with E-state index >= 15 is 0 Å². The van der Waals surface area contributed by atoms with E-state index in [9.17, 15) is 13.2 Å². The number of nitrogens with zero attached hydrogens (tertiary/aromatic N) is 3. The number of carbonyl (C=O) groups excluding carboxylic acids is 1. The smallest absolute Gasteiger partial charge is 0.246 e. The molecular weight excluding hydrogens is 416 g/mol. The summed E-state index contributed by atoms with van der Waals surface area (Å²) in [5.41, 5.74) is 1.38. The van der Waals surface area contributed by atoms with Crippen molar-refractivity contribution in [3.8, 4) is 11.6 Å². The molecular formula is C22H22N4O4S. The Kier molecular flexibility index (Phi) is 6.24. The third kappa shape index (κ3) is 5.44. The van der Waals surface area contributed by atoms with Gasteiger partial charge in [0.1, 0.15) is 11.8 Å². The number of amides is 1. The minimum atomic E-state index is -3.05. The predicted molar refractivity (Wildman–Crippen MR) is 117 cm³/mol. The Bertz CT molecular complexity index is 1130. The van der Waals surface area contributed by atoms with E-state index in [4.69, 9.17) is 4.74 Å². The molecule has 9 heteroatoms. The topological polar surface area (TPSA) is 101 Å². The van der Waals surface area contributed by atoms with E-state index in [0.717, 1.165) is 5.56 Å². The third-order valence-corrected chi connectivity index (χ3v) is 6.58. The van der Waals surface area contributed by atoms with Crippen molar-refractivity contribution in [2.45, 2.75) is 6.04 Å². The van der Waals surface area contributed by atoms with E-state index in [2.05, 4.69) is 15.3 Å². The number of nitrogens with one attached hydrogen (secondary N) is 1. The van der Waals surface area contributed by atoms with E-state index in [-0.39, 0.29) is 17.4 Å². The second-order valence-electron chi connectivity index (χ2n) is 7.16. The lowest BCUT2D eigenvalue weighted by Gasteiger charge is -2.33. The lowest BCUT2D eigenvalue weighted by Crippen LogP contribution is -2.46. The Labute approximate surface area is 180 Å². The molecule has 1 aliphatic heterocycles. The molecule has 0 bridgehead atoms. The van der Waals surface area contributed by atoms with Crippen molar-refractivity contribution < 1.29 is 17.9 Å². The molecule has 1 fully saturated rings. The quantitative estimate of drug-likeness (QED) is 0.631. The van der Waals surface area contributed by atoms with Crippen LogP contribution in [0.1, 0.15) is 11.6 Å². The van der Waals surface area contributed by atoms with Gasteiger partial charge in [-0.3, -0.25) is 14.7 Å². The molecule has 0 radical (unpaired) electrons. The molecule has 4 rings (SSSR count). The Morgan fingerprint density at radius 3 is 2.52 bits per heavy atom. The van der Waals surface area contributed by atoms with Gasteiger partial charge in [0.15, 0.2) is 9.84 Å². The molecule has 1 saturated heterocycles. The molecule has 3 aromatic rings. The highest BCUT2D eigenvalue weighted by atomic mass is 32.2. The van der Waals surface area contributed by atoms with Crippen molar-refractivity contribution in [2.24, 2.45) is 0 Å². The molecule has 8 nitrogen and oxygen atoms in total. The molecule has 1 atom stereocenters. The SMILES string of the molecule is O=C(Nc1cccc(Oc2cnccn2)c1)C(c1ccccc1)N1CCS(=O)(=O)CC1. The normalized spacial score (nSPS) is 16.9. The molecule has 0 saturated carbocycles. The van der Waals surface area contributed by atoms with E-state index in [0.29, 0.717) is 30.4 Å². The van der Waals surface area contributed by atoms with E-state index in [1.165, 1.54) is 12.4 Å². The maximum atomic E-state index is 13.3. The molecule has 2 aromatic carbocycles. The Hall–Kier alpha value is -3.30. The zero-order valence-corrected chi connectivity index (χ0v) is 17.5. The Morgan fingerprint density at radius 2 is 1.81 bits per heavy atom. The summed E-state index contributed by atoms with van der Waals surface area (Å²) in [4.78, 5) is 23.2. The highest BCUT2D eigenvalue weighted by Crippen LogP contribution is 2.27. The van der Waals surface area contributed by atoms with Gasteiger partial charge in [0, 0.05) is 37.2 Å². The van der Waals surface area contributed by atoms with Gasteiger partial charge >= 0.3 is 0 Å². The minimum absolute atomic E-state index is 0.0467. The summed E-state index contributed by atoms with van der Waals surface area (Å²) in [5.74, 6) is 0.722. The molecule has 160 valence electrons. The summed E-state index contributed by atoms with van der Waals surface area (Å²) in [6.07, 6.45) is 4.59. The highest BCUT2D eigenvalue weighted by molar-refractivity contribution is 7.91. The van der Waals surface area contributed by atoms with Gasteiger partial charge < -0.3 is 10.1 Å². The number of hydrogen-bond donors (Lipinski definition) is 1. The van der Waals surface area contributed by atoms with Gasteiger partial charge in [0.25, 0.3) is 0 Å². The van der Waals surface area contributed by atoms with Crippen LogP contribution in [0.4, 0.5) is 5.69 Å². The van der Waals surface area contributed by atoms with E-state index in [1.807, 2.05) is 35.2 Å². The maximum absolute atomic E-state index is 13.3. The number of rotatable bonds is 6. The second kappa shape index (κ2) is 9.23. The zero-order chi connectivity index (χ0) is 21.7. The first-order valence-corrected chi connectivity index (χ1v) is 11.7. The minimum Gasteiger partial charge on any atom is -0.437 e. The zero-order valence-electron chi connectivity index (χ0n) is 16.7. The number of benzene rings is 2. The van der Waals surface area contributed by atoms with Gasteiger partial charge in [-0.15, -0.1) is 0 Å². The van der Waals surface area contributed by atoms with Crippen LogP contribution in [-0.4, -0.2) is 53.8 Å². The number of ether oxygens (including phenoxy) is 1. The molecule has 1 N–H and O–H groups in total. The number of hydrogen-bond acceptors (Lipinski definition) is 7. The summed E-state index contributed by atoms with van der Waals surface area (Å²) in [6, 6.07) is 15.8. The summed E-state index contributed by atoms with van der Waals surface area (Å²) in [6.45, 7) is 0.621. The fourth-order valence-corrected chi connectivity index (χ4v) is 4.68. The third-order valence-electron chi connectivity index (χ3n) is 4.97.